The van der Waals surface area contributed by atoms with Crippen molar-refractivity contribution >= 4 is 44.2 Å². The van der Waals surface area contributed by atoms with Gasteiger partial charge >= 0.3 is 10.1 Å². The van der Waals surface area contributed by atoms with E-state index in [4.69, 9.17) is 27.4 Å². The maximum absolute atomic E-state index is 12.5. The second kappa shape index (κ2) is 5.76. The average Bonchev–Trinajstić information content (AvgIpc) is 2.49. The molecule has 0 aliphatic rings. The highest BCUT2D eigenvalue weighted by molar-refractivity contribution is 7.87. The summed E-state index contributed by atoms with van der Waals surface area (Å²) in [5.74, 6) is 0.0130. The minimum Gasteiger partial charge on any atom is -0.377 e. The summed E-state index contributed by atoms with van der Waals surface area (Å²) in [4.78, 5) is 4.10. The molecular weight excluding hydrogens is 345 g/mol. The predicted molar refractivity (Wildman–Crippen MR) is 86.0 cm³/mol. The van der Waals surface area contributed by atoms with Gasteiger partial charge in [-0.15, -0.1) is 0 Å². The van der Waals surface area contributed by atoms with E-state index in [-0.39, 0.29) is 15.7 Å². The normalized spacial score (nSPS) is 11.5. The number of fused-ring (bicyclic) bond motifs is 1. The third-order valence-corrected chi connectivity index (χ3v) is 4.76. The van der Waals surface area contributed by atoms with Gasteiger partial charge in [-0.1, -0.05) is 41.4 Å². The molecule has 0 saturated carbocycles. The van der Waals surface area contributed by atoms with Crippen LogP contribution in [0.5, 0.6) is 5.75 Å². The highest BCUT2D eigenvalue weighted by Crippen LogP contribution is 2.31. The van der Waals surface area contributed by atoms with Crippen LogP contribution in [0.3, 0.4) is 0 Å². The Balaban J connectivity index is 2.09. The summed E-state index contributed by atoms with van der Waals surface area (Å²) in [6.45, 7) is 0. The summed E-state index contributed by atoms with van der Waals surface area (Å²) >= 11 is 11.7. The lowest BCUT2D eigenvalue weighted by atomic mass is 10.2. The van der Waals surface area contributed by atoms with Crippen LogP contribution in [-0.2, 0) is 10.1 Å². The lowest BCUT2D eigenvalue weighted by Gasteiger charge is -2.10. The fourth-order valence-electron chi connectivity index (χ4n) is 1.98. The first-order chi connectivity index (χ1) is 10.5. The van der Waals surface area contributed by atoms with Gasteiger partial charge in [0, 0.05) is 16.6 Å². The van der Waals surface area contributed by atoms with Crippen molar-refractivity contribution in [3.05, 3.63) is 64.8 Å². The van der Waals surface area contributed by atoms with Crippen molar-refractivity contribution in [1.82, 2.24) is 4.98 Å². The van der Waals surface area contributed by atoms with Crippen LogP contribution in [0.2, 0.25) is 10.0 Å². The van der Waals surface area contributed by atoms with Gasteiger partial charge in [-0.3, -0.25) is 4.98 Å². The van der Waals surface area contributed by atoms with Crippen LogP contribution < -0.4 is 4.18 Å². The second-order valence-corrected chi connectivity index (χ2v) is 6.80. The number of pyridine rings is 1. The zero-order valence-electron chi connectivity index (χ0n) is 11.0. The molecule has 4 nitrogen and oxygen atoms in total. The van der Waals surface area contributed by atoms with Gasteiger partial charge in [-0.05, 0) is 30.3 Å². The molecule has 112 valence electrons. The fourth-order valence-corrected chi connectivity index (χ4v) is 3.60. The van der Waals surface area contributed by atoms with Crippen molar-refractivity contribution < 1.29 is 12.6 Å². The maximum Gasteiger partial charge on any atom is 0.341 e. The molecule has 0 aliphatic carbocycles. The van der Waals surface area contributed by atoms with Crippen molar-refractivity contribution in [1.29, 1.82) is 0 Å². The lowest BCUT2D eigenvalue weighted by Crippen LogP contribution is -2.11. The summed E-state index contributed by atoms with van der Waals surface area (Å²) in [5.41, 5.74) is 0.343. The first kappa shape index (κ1) is 15.1. The molecule has 0 aliphatic heterocycles. The summed E-state index contributed by atoms with van der Waals surface area (Å²) < 4.78 is 30.1. The van der Waals surface area contributed by atoms with Crippen LogP contribution in [0, 0.1) is 0 Å². The molecule has 1 aromatic heterocycles. The van der Waals surface area contributed by atoms with Crippen molar-refractivity contribution in [2.75, 3.05) is 0 Å². The molecule has 7 heteroatoms. The molecule has 2 aromatic carbocycles. The van der Waals surface area contributed by atoms with E-state index in [9.17, 15) is 8.42 Å². The Morgan fingerprint density at radius 3 is 2.55 bits per heavy atom. The predicted octanol–water partition coefficient (Wildman–Crippen LogP) is 4.31. The Bertz CT molecular complexity index is 953. The first-order valence-electron chi connectivity index (χ1n) is 6.21. The highest BCUT2D eigenvalue weighted by Gasteiger charge is 2.21. The average molecular weight is 354 g/mol. The van der Waals surface area contributed by atoms with Crippen molar-refractivity contribution in [2.24, 2.45) is 0 Å². The molecule has 0 fully saturated rings. The number of benzene rings is 2. The fraction of sp³-hybridized carbons (Fsp3) is 0. The molecule has 1 heterocycles. The number of para-hydroxylation sites is 1. The van der Waals surface area contributed by atoms with Gasteiger partial charge in [-0.25, -0.2) is 0 Å². The molecular formula is C15H9Cl2NO3S. The largest absolute Gasteiger partial charge is 0.377 e. The highest BCUT2D eigenvalue weighted by atomic mass is 35.5. The van der Waals surface area contributed by atoms with Gasteiger partial charge in [-0.2, -0.15) is 8.42 Å². The quantitative estimate of drug-likeness (QED) is 0.658. The Labute approximate surface area is 137 Å². The Kier molecular flexibility index (Phi) is 3.95. The van der Waals surface area contributed by atoms with E-state index < -0.39 is 10.1 Å². The topological polar surface area (TPSA) is 56.3 Å². The van der Waals surface area contributed by atoms with E-state index in [1.54, 1.807) is 24.3 Å². The standard InChI is InChI=1S/C15H9Cl2NO3S/c16-11-6-7-13(12(17)9-11)21-22(19,20)14-5-1-3-10-4-2-8-18-15(10)14/h1-9H. The molecule has 0 amide bonds. The molecule has 0 N–H and O–H groups in total. The molecule has 22 heavy (non-hydrogen) atoms. The van der Waals surface area contributed by atoms with Gasteiger partial charge in [0.2, 0.25) is 0 Å². The minimum absolute atomic E-state index is 0.0130. The zero-order chi connectivity index (χ0) is 15.7. The van der Waals surface area contributed by atoms with Crippen LogP contribution in [0.25, 0.3) is 10.9 Å². The van der Waals surface area contributed by atoms with E-state index in [1.165, 1.54) is 30.5 Å². The molecule has 0 saturated heterocycles. The van der Waals surface area contributed by atoms with E-state index >= 15 is 0 Å². The minimum atomic E-state index is -4.07. The van der Waals surface area contributed by atoms with Crippen molar-refractivity contribution in [2.45, 2.75) is 4.90 Å². The van der Waals surface area contributed by atoms with Gasteiger partial charge in [0.15, 0.2) is 5.75 Å². The van der Waals surface area contributed by atoms with E-state index in [0.29, 0.717) is 15.9 Å². The molecule has 3 rings (SSSR count). The third-order valence-electron chi connectivity index (χ3n) is 2.96. The summed E-state index contributed by atoms with van der Waals surface area (Å²) in [6.07, 6.45) is 1.52. The number of hydrogen-bond donors (Lipinski definition) is 0. The number of aromatic nitrogens is 1. The van der Waals surface area contributed by atoms with Crippen molar-refractivity contribution in [3.8, 4) is 5.75 Å². The van der Waals surface area contributed by atoms with Crippen LogP contribution in [-0.4, -0.2) is 13.4 Å². The van der Waals surface area contributed by atoms with Crippen molar-refractivity contribution in [3.63, 3.8) is 0 Å². The Morgan fingerprint density at radius 1 is 1.00 bits per heavy atom. The third kappa shape index (κ3) is 2.88. The number of nitrogens with zero attached hydrogens (tertiary/aromatic N) is 1. The first-order valence-corrected chi connectivity index (χ1v) is 8.37. The summed E-state index contributed by atoms with van der Waals surface area (Å²) in [7, 11) is -4.07. The van der Waals surface area contributed by atoms with E-state index in [2.05, 4.69) is 4.98 Å². The van der Waals surface area contributed by atoms with Gasteiger partial charge in [0.05, 0.1) is 10.5 Å². The molecule has 3 aromatic rings. The van der Waals surface area contributed by atoms with Crippen LogP contribution >= 0.6 is 23.2 Å². The molecule has 0 radical (unpaired) electrons. The molecule has 0 bridgehead atoms. The van der Waals surface area contributed by atoms with Gasteiger partial charge in [0.25, 0.3) is 0 Å². The van der Waals surface area contributed by atoms with Crippen LogP contribution in [0.4, 0.5) is 0 Å². The van der Waals surface area contributed by atoms with Crippen LogP contribution in [0.15, 0.2) is 59.6 Å². The monoisotopic (exact) mass is 353 g/mol. The Hall–Kier alpha value is -1.82. The number of hydrogen-bond acceptors (Lipinski definition) is 4. The second-order valence-electron chi connectivity index (χ2n) is 4.44. The number of rotatable bonds is 3. The molecule has 0 spiro atoms. The zero-order valence-corrected chi connectivity index (χ0v) is 13.4. The number of halogens is 2. The maximum atomic E-state index is 12.5. The van der Waals surface area contributed by atoms with Gasteiger partial charge < -0.3 is 4.18 Å². The summed E-state index contributed by atoms with van der Waals surface area (Å²) in [6, 6.07) is 12.7. The summed E-state index contributed by atoms with van der Waals surface area (Å²) in [5, 5.41) is 1.21. The smallest absolute Gasteiger partial charge is 0.341 e. The Morgan fingerprint density at radius 2 is 1.77 bits per heavy atom. The van der Waals surface area contributed by atoms with E-state index in [0.717, 1.165) is 0 Å². The van der Waals surface area contributed by atoms with E-state index in [1.807, 2.05) is 0 Å². The SMILES string of the molecule is O=S(=O)(Oc1ccc(Cl)cc1Cl)c1cccc2cccnc12. The van der Waals surface area contributed by atoms with Crippen LogP contribution in [0.1, 0.15) is 0 Å². The van der Waals surface area contributed by atoms with Gasteiger partial charge in [0.1, 0.15) is 4.90 Å². The lowest BCUT2D eigenvalue weighted by molar-refractivity contribution is 0.487. The molecule has 0 unspecified atom stereocenters. The molecule has 0 atom stereocenters.